The molecule has 1 saturated heterocycles. The summed E-state index contributed by atoms with van der Waals surface area (Å²) in [5.74, 6) is 2.36. The highest BCUT2D eigenvalue weighted by atomic mass is 16.6. The molecule has 0 bridgehead atoms. The summed E-state index contributed by atoms with van der Waals surface area (Å²) >= 11 is 0. The van der Waals surface area contributed by atoms with Gasteiger partial charge in [0.05, 0.1) is 18.7 Å². The number of nitrogens with zero attached hydrogens (tertiary/aromatic N) is 1. The van der Waals surface area contributed by atoms with Gasteiger partial charge in [-0.05, 0) is 55.8 Å². The van der Waals surface area contributed by atoms with Gasteiger partial charge in [-0.1, -0.05) is 6.07 Å². The maximum absolute atomic E-state index is 12.4. The predicted molar refractivity (Wildman–Crippen MR) is 96.4 cm³/mol. The van der Waals surface area contributed by atoms with E-state index in [1.165, 1.54) is 12.8 Å². The number of fused-ring (bicyclic) bond motifs is 1. The molecule has 1 aromatic heterocycles. The zero-order chi connectivity index (χ0) is 17.8. The van der Waals surface area contributed by atoms with E-state index in [0.717, 1.165) is 30.2 Å². The Morgan fingerprint density at radius 2 is 1.92 bits per heavy atom. The van der Waals surface area contributed by atoms with Crippen LogP contribution in [0.3, 0.4) is 0 Å². The van der Waals surface area contributed by atoms with Crippen LogP contribution in [0.25, 0.3) is 0 Å². The molecular formula is C20H24N2O4. The van der Waals surface area contributed by atoms with Crippen molar-refractivity contribution in [1.82, 2.24) is 10.2 Å². The molecule has 2 aliphatic rings. The second-order valence-electron chi connectivity index (χ2n) is 6.73. The third-order valence-electron chi connectivity index (χ3n) is 4.92. The van der Waals surface area contributed by atoms with Crippen molar-refractivity contribution in [2.75, 3.05) is 32.8 Å². The van der Waals surface area contributed by atoms with Crippen molar-refractivity contribution in [3.63, 3.8) is 0 Å². The summed E-state index contributed by atoms with van der Waals surface area (Å²) in [5.41, 5.74) is 0.919. The van der Waals surface area contributed by atoms with Crippen LogP contribution in [0.1, 0.15) is 30.2 Å². The van der Waals surface area contributed by atoms with Crippen LogP contribution in [0.4, 0.5) is 0 Å². The van der Waals surface area contributed by atoms with Gasteiger partial charge in [-0.2, -0.15) is 0 Å². The quantitative estimate of drug-likeness (QED) is 0.862. The van der Waals surface area contributed by atoms with E-state index >= 15 is 0 Å². The van der Waals surface area contributed by atoms with E-state index in [0.29, 0.717) is 31.9 Å². The summed E-state index contributed by atoms with van der Waals surface area (Å²) in [5, 5.41) is 3.06. The summed E-state index contributed by atoms with van der Waals surface area (Å²) in [7, 11) is 0. The summed E-state index contributed by atoms with van der Waals surface area (Å²) in [6.45, 7) is 3.75. The molecule has 6 heteroatoms. The summed E-state index contributed by atoms with van der Waals surface area (Å²) in [4.78, 5) is 14.8. The molecule has 1 fully saturated rings. The first-order valence-corrected chi connectivity index (χ1v) is 9.22. The smallest absolute Gasteiger partial charge is 0.224 e. The zero-order valence-corrected chi connectivity index (χ0v) is 14.8. The first kappa shape index (κ1) is 17.0. The number of carbonyl (C=O) groups is 1. The normalized spacial score (nSPS) is 17.8. The molecule has 6 nitrogen and oxygen atoms in total. The fraction of sp³-hybridized carbons (Fsp3) is 0.450. The van der Waals surface area contributed by atoms with Crippen LogP contribution in [0.15, 0.2) is 41.0 Å². The molecule has 4 rings (SSSR count). The number of furan rings is 1. The molecule has 3 heterocycles. The highest BCUT2D eigenvalue weighted by molar-refractivity contribution is 5.78. The molecule has 0 spiro atoms. The third-order valence-corrected chi connectivity index (χ3v) is 4.92. The number of carbonyl (C=O) groups excluding carboxylic acids is 1. The van der Waals surface area contributed by atoms with E-state index in [1.807, 2.05) is 30.3 Å². The Morgan fingerprint density at radius 1 is 1.12 bits per heavy atom. The lowest BCUT2D eigenvalue weighted by Crippen LogP contribution is -2.37. The van der Waals surface area contributed by atoms with Crippen molar-refractivity contribution in [2.45, 2.75) is 25.3 Å². The maximum atomic E-state index is 12.4. The number of rotatable bonds is 6. The molecule has 1 N–H and O–H groups in total. The molecule has 2 aromatic rings. The third kappa shape index (κ3) is 3.85. The van der Waals surface area contributed by atoms with Crippen LogP contribution >= 0.6 is 0 Å². The highest BCUT2D eigenvalue weighted by Gasteiger charge is 2.26. The van der Waals surface area contributed by atoms with E-state index in [4.69, 9.17) is 13.9 Å². The van der Waals surface area contributed by atoms with E-state index in [9.17, 15) is 4.79 Å². The monoisotopic (exact) mass is 356 g/mol. The summed E-state index contributed by atoms with van der Waals surface area (Å²) < 4.78 is 16.7. The van der Waals surface area contributed by atoms with Crippen molar-refractivity contribution >= 4 is 5.91 Å². The van der Waals surface area contributed by atoms with Crippen LogP contribution in [0, 0.1) is 0 Å². The summed E-state index contributed by atoms with van der Waals surface area (Å²) in [6, 6.07) is 9.64. The minimum Gasteiger partial charge on any atom is -0.486 e. The molecule has 138 valence electrons. The van der Waals surface area contributed by atoms with Crippen molar-refractivity contribution in [2.24, 2.45) is 0 Å². The topological polar surface area (TPSA) is 63.9 Å². The van der Waals surface area contributed by atoms with Gasteiger partial charge >= 0.3 is 0 Å². The van der Waals surface area contributed by atoms with Gasteiger partial charge in [0.25, 0.3) is 0 Å². The molecule has 1 unspecified atom stereocenters. The van der Waals surface area contributed by atoms with Gasteiger partial charge in [0.1, 0.15) is 19.0 Å². The molecule has 26 heavy (non-hydrogen) atoms. The van der Waals surface area contributed by atoms with Crippen LogP contribution in [-0.4, -0.2) is 43.7 Å². The molecule has 0 radical (unpaired) electrons. The summed E-state index contributed by atoms with van der Waals surface area (Å²) in [6.07, 6.45) is 4.40. The lowest BCUT2D eigenvalue weighted by Gasteiger charge is -2.26. The Bertz CT molecular complexity index is 738. The molecule has 2 aliphatic heterocycles. The largest absolute Gasteiger partial charge is 0.486 e. The van der Waals surface area contributed by atoms with E-state index in [-0.39, 0.29) is 11.9 Å². The average molecular weight is 356 g/mol. The van der Waals surface area contributed by atoms with Crippen molar-refractivity contribution in [3.05, 3.63) is 47.9 Å². The molecule has 1 atom stereocenters. The lowest BCUT2D eigenvalue weighted by atomic mass is 10.1. The Balaban J connectivity index is 1.36. The minimum absolute atomic E-state index is 0.00238. The van der Waals surface area contributed by atoms with Gasteiger partial charge in [0.2, 0.25) is 5.91 Å². The first-order valence-electron chi connectivity index (χ1n) is 9.22. The standard InChI is InChI=1S/C20H24N2O4/c23-20(13-15-5-6-18-19(12-15)26-11-10-25-18)21-14-16(17-4-3-9-24-17)22-7-1-2-8-22/h3-6,9,12,16H,1-2,7-8,10-11,13-14H2,(H,21,23). The van der Waals surface area contributed by atoms with Crippen LogP contribution in [-0.2, 0) is 11.2 Å². The number of hydrogen-bond donors (Lipinski definition) is 1. The first-order chi connectivity index (χ1) is 12.8. The van der Waals surface area contributed by atoms with Gasteiger partial charge < -0.3 is 19.2 Å². The molecule has 1 amide bonds. The van der Waals surface area contributed by atoms with Gasteiger partial charge in [-0.25, -0.2) is 0 Å². The number of benzene rings is 1. The Hall–Kier alpha value is -2.47. The Morgan fingerprint density at radius 3 is 2.69 bits per heavy atom. The van der Waals surface area contributed by atoms with E-state index in [2.05, 4.69) is 10.2 Å². The van der Waals surface area contributed by atoms with Gasteiger partial charge in [0, 0.05) is 6.54 Å². The molecule has 0 aliphatic carbocycles. The molecule has 1 aromatic carbocycles. The maximum Gasteiger partial charge on any atom is 0.224 e. The minimum atomic E-state index is -0.00238. The zero-order valence-electron chi connectivity index (χ0n) is 14.8. The number of amides is 1. The highest BCUT2D eigenvalue weighted by Crippen LogP contribution is 2.31. The van der Waals surface area contributed by atoms with Crippen molar-refractivity contribution < 1.29 is 18.7 Å². The fourth-order valence-corrected chi connectivity index (χ4v) is 3.60. The predicted octanol–water partition coefficient (Wildman–Crippen LogP) is 2.55. The molecule has 0 saturated carbocycles. The van der Waals surface area contributed by atoms with Gasteiger partial charge in [-0.3, -0.25) is 9.69 Å². The SMILES string of the molecule is O=C(Cc1ccc2c(c1)OCCO2)NCC(c1ccco1)N1CCCC1. The van der Waals surface area contributed by atoms with Crippen LogP contribution in [0.5, 0.6) is 11.5 Å². The van der Waals surface area contributed by atoms with Gasteiger partial charge in [0.15, 0.2) is 11.5 Å². The van der Waals surface area contributed by atoms with E-state index < -0.39 is 0 Å². The fourth-order valence-electron chi connectivity index (χ4n) is 3.60. The number of nitrogens with one attached hydrogen (secondary N) is 1. The van der Waals surface area contributed by atoms with Gasteiger partial charge in [-0.15, -0.1) is 0 Å². The number of hydrogen-bond acceptors (Lipinski definition) is 5. The van der Waals surface area contributed by atoms with Crippen molar-refractivity contribution in [1.29, 1.82) is 0 Å². The second kappa shape index (κ2) is 7.83. The molecular weight excluding hydrogens is 332 g/mol. The average Bonchev–Trinajstić information content (AvgIpc) is 3.36. The van der Waals surface area contributed by atoms with Crippen LogP contribution in [0.2, 0.25) is 0 Å². The number of likely N-dealkylation sites (tertiary alicyclic amines) is 1. The second-order valence-corrected chi connectivity index (χ2v) is 6.73. The Kier molecular flexibility index (Phi) is 5.11. The lowest BCUT2D eigenvalue weighted by molar-refractivity contribution is -0.120. The Labute approximate surface area is 153 Å². The van der Waals surface area contributed by atoms with Crippen LogP contribution < -0.4 is 14.8 Å². The number of ether oxygens (including phenoxy) is 2. The van der Waals surface area contributed by atoms with E-state index in [1.54, 1.807) is 6.26 Å². The van der Waals surface area contributed by atoms with Crippen molar-refractivity contribution in [3.8, 4) is 11.5 Å².